The van der Waals surface area contributed by atoms with Crippen LogP contribution in [0.3, 0.4) is 0 Å². The predicted molar refractivity (Wildman–Crippen MR) is 137 cm³/mol. The molecule has 0 unspecified atom stereocenters. The molecule has 1 heterocycles. The fourth-order valence-corrected chi connectivity index (χ4v) is 7.37. The molecule has 0 radical (unpaired) electrons. The summed E-state index contributed by atoms with van der Waals surface area (Å²) >= 11 is 7.66. The highest BCUT2D eigenvalue weighted by Gasteiger charge is 2.45. The molecule has 1 aliphatic heterocycles. The maximum absolute atomic E-state index is 13.7. The van der Waals surface area contributed by atoms with E-state index in [1.54, 1.807) is 48.2 Å². The van der Waals surface area contributed by atoms with Gasteiger partial charge in [-0.3, -0.25) is 4.79 Å². The molecule has 1 saturated heterocycles. The molecule has 8 heteroatoms. The van der Waals surface area contributed by atoms with Crippen molar-refractivity contribution in [3.63, 3.8) is 0 Å². The van der Waals surface area contributed by atoms with E-state index in [-0.39, 0.29) is 16.7 Å². The second kappa shape index (κ2) is 10.5. The van der Waals surface area contributed by atoms with Crippen molar-refractivity contribution in [1.82, 2.24) is 4.31 Å². The maximum Gasteiger partial charge on any atom is 0.308 e. The smallest absolute Gasteiger partial charge is 0.308 e. The standard InChI is InChI=1S/C26H26ClNO4S2/c1-18-7-13-22(14-8-18)34(31,32)28-16-23(26(29)30)25(33-17-19-5-3-2-4-6-19)15-24(28)20-9-11-21(27)12-10-20/h2-14,23-25H,15-17H2,1H3,(H,29,30)/t23-,24+,25-/m1/s1. The van der Waals surface area contributed by atoms with Crippen molar-refractivity contribution < 1.29 is 18.3 Å². The molecule has 0 amide bonds. The first-order chi connectivity index (χ1) is 16.3. The van der Waals surface area contributed by atoms with Gasteiger partial charge in [-0.15, -0.1) is 0 Å². The van der Waals surface area contributed by atoms with Gasteiger partial charge in [0.25, 0.3) is 0 Å². The lowest BCUT2D eigenvalue weighted by molar-refractivity contribution is -0.143. The van der Waals surface area contributed by atoms with Crippen molar-refractivity contribution in [3.8, 4) is 0 Å². The van der Waals surface area contributed by atoms with Gasteiger partial charge in [-0.1, -0.05) is 71.8 Å². The third-order valence-corrected chi connectivity index (χ3v) is 9.73. The van der Waals surface area contributed by atoms with Crippen LogP contribution in [0.15, 0.2) is 83.8 Å². The zero-order valence-corrected chi connectivity index (χ0v) is 21.1. The van der Waals surface area contributed by atoms with Gasteiger partial charge in [0.15, 0.2) is 0 Å². The van der Waals surface area contributed by atoms with Gasteiger partial charge in [0.2, 0.25) is 10.0 Å². The number of aryl methyl sites for hydroxylation is 1. The average molecular weight is 516 g/mol. The molecule has 1 aliphatic rings. The van der Waals surface area contributed by atoms with Crippen LogP contribution in [0.5, 0.6) is 0 Å². The highest BCUT2D eigenvalue weighted by atomic mass is 35.5. The third kappa shape index (κ3) is 5.49. The van der Waals surface area contributed by atoms with Crippen molar-refractivity contribution in [3.05, 3.63) is 101 Å². The molecule has 1 fully saturated rings. The molecule has 0 aromatic heterocycles. The Morgan fingerprint density at radius 3 is 2.29 bits per heavy atom. The number of hydrogen-bond donors (Lipinski definition) is 1. The Morgan fingerprint density at radius 1 is 1.03 bits per heavy atom. The molecule has 0 spiro atoms. The fourth-order valence-electron chi connectivity index (χ4n) is 4.24. The Hall–Kier alpha value is -2.32. The zero-order chi connectivity index (χ0) is 24.3. The van der Waals surface area contributed by atoms with E-state index >= 15 is 0 Å². The van der Waals surface area contributed by atoms with Gasteiger partial charge in [-0.2, -0.15) is 16.1 Å². The van der Waals surface area contributed by atoms with Crippen LogP contribution in [0.25, 0.3) is 0 Å². The molecule has 3 aromatic rings. The lowest BCUT2D eigenvalue weighted by Crippen LogP contribution is -2.49. The van der Waals surface area contributed by atoms with Crippen LogP contribution in [0.1, 0.15) is 29.2 Å². The summed E-state index contributed by atoms with van der Waals surface area (Å²) in [6.07, 6.45) is 0.390. The molecule has 5 nitrogen and oxygen atoms in total. The summed E-state index contributed by atoms with van der Waals surface area (Å²) in [6.45, 7) is 1.80. The summed E-state index contributed by atoms with van der Waals surface area (Å²) in [5, 5.41) is 10.4. The number of aliphatic carboxylic acids is 1. The van der Waals surface area contributed by atoms with E-state index in [1.807, 2.05) is 49.4 Å². The van der Waals surface area contributed by atoms with Crippen LogP contribution in [0.4, 0.5) is 0 Å². The summed E-state index contributed by atoms with van der Waals surface area (Å²) in [7, 11) is -3.92. The molecule has 34 heavy (non-hydrogen) atoms. The van der Waals surface area contributed by atoms with Crippen molar-refractivity contribution in [2.24, 2.45) is 5.92 Å². The number of carboxylic acid groups (broad SMARTS) is 1. The van der Waals surface area contributed by atoms with E-state index in [4.69, 9.17) is 11.6 Å². The van der Waals surface area contributed by atoms with Gasteiger partial charge >= 0.3 is 5.97 Å². The largest absolute Gasteiger partial charge is 0.481 e. The van der Waals surface area contributed by atoms with Crippen molar-refractivity contribution in [2.45, 2.75) is 35.3 Å². The Labute approximate surface area is 209 Å². The van der Waals surface area contributed by atoms with Crippen LogP contribution in [-0.4, -0.2) is 35.6 Å². The molecular formula is C26H26ClNO4S2. The number of carboxylic acids is 1. The number of halogens is 1. The number of hydrogen-bond acceptors (Lipinski definition) is 4. The molecule has 178 valence electrons. The van der Waals surface area contributed by atoms with Gasteiger partial charge < -0.3 is 5.11 Å². The number of nitrogens with zero attached hydrogens (tertiary/aromatic N) is 1. The lowest BCUT2D eigenvalue weighted by atomic mass is 9.90. The summed E-state index contributed by atoms with van der Waals surface area (Å²) < 4.78 is 28.8. The number of carbonyl (C=O) groups is 1. The number of sulfonamides is 1. The summed E-state index contributed by atoms with van der Waals surface area (Å²) in [4.78, 5) is 12.4. The molecule has 4 rings (SSSR count). The third-order valence-electron chi connectivity index (χ3n) is 6.14. The minimum Gasteiger partial charge on any atom is -0.481 e. The Bertz CT molecular complexity index is 1230. The quantitative estimate of drug-likeness (QED) is 0.431. The van der Waals surface area contributed by atoms with E-state index < -0.39 is 28.0 Å². The van der Waals surface area contributed by atoms with E-state index in [0.29, 0.717) is 17.2 Å². The van der Waals surface area contributed by atoms with E-state index in [2.05, 4.69) is 0 Å². The average Bonchev–Trinajstić information content (AvgIpc) is 2.83. The Balaban J connectivity index is 1.70. The van der Waals surface area contributed by atoms with Crippen molar-refractivity contribution in [1.29, 1.82) is 0 Å². The molecule has 1 N–H and O–H groups in total. The van der Waals surface area contributed by atoms with E-state index in [0.717, 1.165) is 16.7 Å². The molecule has 3 atom stereocenters. The number of thioether (sulfide) groups is 1. The first-order valence-corrected chi connectivity index (χ1v) is 13.8. The second-order valence-electron chi connectivity index (χ2n) is 8.47. The first-order valence-electron chi connectivity index (χ1n) is 11.0. The van der Waals surface area contributed by atoms with Gasteiger partial charge in [0.05, 0.1) is 16.9 Å². The Morgan fingerprint density at radius 2 is 1.68 bits per heavy atom. The summed E-state index contributed by atoms with van der Waals surface area (Å²) in [5.74, 6) is -1.14. The van der Waals surface area contributed by atoms with Gasteiger partial charge in [-0.25, -0.2) is 8.42 Å². The first kappa shape index (κ1) is 24.8. The van der Waals surface area contributed by atoms with Gasteiger partial charge in [0.1, 0.15) is 0 Å². The van der Waals surface area contributed by atoms with Crippen molar-refractivity contribution >= 4 is 39.4 Å². The molecule has 0 aliphatic carbocycles. The number of piperidine rings is 1. The van der Waals surface area contributed by atoms with Crippen LogP contribution < -0.4 is 0 Å². The number of benzene rings is 3. The molecule has 0 saturated carbocycles. The highest BCUT2D eigenvalue weighted by molar-refractivity contribution is 7.99. The summed E-state index contributed by atoms with van der Waals surface area (Å²) in [6, 6.07) is 23.2. The Kier molecular flexibility index (Phi) is 7.67. The molecule has 3 aromatic carbocycles. The normalized spacial score (nSPS) is 21.3. The highest BCUT2D eigenvalue weighted by Crippen LogP contribution is 2.43. The van der Waals surface area contributed by atoms with Crippen LogP contribution in [0, 0.1) is 12.8 Å². The topological polar surface area (TPSA) is 74.7 Å². The second-order valence-corrected chi connectivity index (χ2v) is 12.0. The minimum absolute atomic E-state index is 0.0920. The van der Waals surface area contributed by atoms with Crippen molar-refractivity contribution in [2.75, 3.05) is 6.54 Å². The monoisotopic (exact) mass is 515 g/mol. The van der Waals surface area contributed by atoms with Crippen LogP contribution in [-0.2, 0) is 20.6 Å². The molecule has 0 bridgehead atoms. The minimum atomic E-state index is -3.92. The van der Waals surface area contributed by atoms with Crippen LogP contribution in [0.2, 0.25) is 5.02 Å². The summed E-state index contributed by atoms with van der Waals surface area (Å²) in [5.41, 5.74) is 2.86. The van der Waals surface area contributed by atoms with Crippen LogP contribution >= 0.6 is 23.4 Å². The van der Waals surface area contributed by atoms with E-state index in [9.17, 15) is 18.3 Å². The maximum atomic E-state index is 13.7. The van der Waals surface area contributed by atoms with E-state index in [1.165, 1.54) is 4.31 Å². The SMILES string of the molecule is Cc1ccc(S(=O)(=O)N2C[C@@H](C(=O)O)[C@H](SCc3ccccc3)C[C@H]2c2ccc(Cl)cc2)cc1. The zero-order valence-electron chi connectivity index (χ0n) is 18.7. The fraction of sp³-hybridized carbons (Fsp3) is 0.269. The van der Waals surface area contributed by atoms with Gasteiger partial charge in [0, 0.05) is 22.6 Å². The van der Waals surface area contributed by atoms with Gasteiger partial charge in [-0.05, 0) is 48.7 Å². The number of rotatable bonds is 7. The lowest BCUT2D eigenvalue weighted by Gasteiger charge is -2.41. The molecular weight excluding hydrogens is 490 g/mol. The predicted octanol–water partition coefficient (Wildman–Crippen LogP) is 5.79.